The average Bonchev–Trinajstić information content (AvgIpc) is 0.906. The second-order valence-corrected chi connectivity index (χ2v) is 34.4. The highest BCUT2D eigenvalue weighted by molar-refractivity contribution is 7.47. The van der Waals surface area contributed by atoms with Crippen molar-refractivity contribution in [3.8, 4) is 0 Å². The molecule has 0 rings (SSSR count). The number of aliphatic hydroxyl groups is 1. The molecular weight excluding hydrogens is 1350 g/mol. The Morgan fingerprint density at radius 3 is 0.654 bits per heavy atom. The molecule has 0 aliphatic carbocycles. The summed E-state index contributed by atoms with van der Waals surface area (Å²) in [6.07, 6.45) is 67.9. The molecule has 0 saturated carbocycles. The van der Waals surface area contributed by atoms with Crippen LogP contribution in [0.15, 0.2) is 0 Å². The summed E-state index contributed by atoms with van der Waals surface area (Å²) < 4.78 is 68.9. The van der Waals surface area contributed by atoms with Gasteiger partial charge in [0.15, 0.2) is 12.2 Å². The van der Waals surface area contributed by atoms with E-state index in [0.29, 0.717) is 25.7 Å². The molecule has 0 aliphatic heterocycles. The zero-order valence-electron chi connectivity index (χ0n) is 68.3. The van der Waals surface area contributed by atoms with E-state index >= 15 is 0 Å². The number of phosphoric acid groups is 2. The predicted molar refractivity (Wildman–Crippen MR) is 428 cm³/mol. The van der Waals surface area contributed by atoms with Crippen LogP contribution in [0.2, 0.25) is 0 Å². The number of carbonyl (C=O) groups excluding carboxylic acids is 4. The molecule has 618 valence electrons. The number of hydrogen-bond donors (Lipinski definition) is 3. The van der Waals surface area contributed by atoms with E-state index in [-0.39, 0.29) is 25.7 Å². The van der Waals surface area contributed by atoms with Crippen molar-refractivity contribution in [1.82, 2.24) is 0 Å². The minimum Gasteiger partial charge on any atom is -0.462 e. The van der Waals surface area contributed by atoms with Gasteiger partial charge in [0.1, 0.15) is 19.3 Å². The van der Waals surface area contributed by atoms with E-state index in [9.17, 15) is 43.2 Å². The van der Waals surface area contributed by atoms with Gasteiger partial charge in [0, 0.05) is 25.7 Å². The summed E-state index contributed by atoms with van der Waals surface area (Å²) in [7, 11) is -9.93. The molecule has 104 heavy (non-hydrogen) atoms. The summed E-state index contributed by atoms with van der Waals surface area (Å²) in [5.41, 5.74) is 0. The zero-order chi connectivity index (χ0) is 76.4. The van der Waals surface area contributed by atoms with Gasteiger partial charge in [0.25, 0.3) is 0 Å². The molecule has 0 radical (unpaired) electrons. The second-order valence-electron chi connectivity index (χ2n) is 31.5. The minimum absolute atomic E-state index is 0.109. The summed E-state index contributed by atoms with van der Waals surface area (Å²) in [4.78, 5) is 73.2. The van der Waals surface area contributed by atoms with Crippen LogP contribution >= 0.6 is 15.6 Å². The summed E-state index contributed by atoms with van der Waals surface area (Å²) in [6.45, 7) is 9.72. The molecule has 0 aliphatic rings. The fourth-order valence-corrected chi connectivity index (χ4v) is 14.8. The van der Waals surface area contributed by atoms with Crippen molar-refractivity contribution in [3.05, 3.63) is 0 Å². The SMILES string of the molecule is CCCCCCCCCCCCCCCCCCCC(=O)O[C@H](COC(=O)CCCCCCCCCCCCC)COP(=O)(O)OC[C@H](O)COP(=O)(O)OC[C@@H](COC(=O)CCCCCCCCCCCCCCCCC(C)C)OC(=O)CCCCCCCCCCCCCCCCCCC(C)C. The molecule has 0 aromatic heterocycles. The van der Waals surface area contributed by atoms with Crippen molar-refractivity contribution in [2.24, 2.45) is 11.8 Å². The quantitative estimate of drug-likeness (QED) is 0.0222. The molecule has 0 bridgehead atoms. The van der Waals surface area contributed by atoms with Crippen molar-refractivity contribution in [2.75, 3.05) is 39.6 Å². The third-order valence-electron chi connectivity index (χ3n) is 20.0. The first-order valence-corrected chi connectivity index (χ1v) is 47.0. The number of esters is 4. The average molecular weight is 1520 g/mol. The van der Waals surface area contributed by atoms with Gasteiger partial charge in [-0.25, -0.2) is 9.13 Å². The lowest BCUT2D eigenvalue weighted by molar-refractivity contribution is -0.161. The molecule has 0 amide bonds. The van der Waals surface area contributed by atoms with Gasteiger partial charge in [-0.2, -0.15) is 0 Å². The summed E-state index contributed by atoms with van der Waals surface area (Å²) >= 11 is 0. The minimum atomic E-state index is -4.96. The lowest BCUT2D eigenvalue weighted by atomic mass is 10.0. The van der Waals surface area contributed by atoms with E-state index in [1.165, 1.54) is 270 Å². The lowest BCUT2D eigenvalue weighted by Crippen LogP contribution is -2.30. The molecule has 0 fully saturated rings. The van der Waals surface area contributed by atoms with Crippen LogP contribution in [0.5, 0.6) is 0 Å². The number of aliphatic hydroxyl groups excluding tert-OH is 1. The Hall–Kier alpha value is -1.94. The maximum absolute atomic E-state index is 13.1. The van der Waals surface area contributed by atoms with Crippen LogP contribution in [0.4, 0.5) is 0 Å². The van der Waals surface area contributed by atoms with Gasteiger partial charge in [-0.05, 0) is 37.5 Å². The largest absolute Gasteiger partial charge is 0.472 e. The Labute approximate surface area is 638 Å². The van der Waals surface area contributed by atoms with Crippen LogP contribution in [-0.2, 0) is 65.4 Å². The normalized spacial score (nSPS) is 13.8. The first kappa shape index (κ1) is 102. The molecule has 17 nitrogen and oxygen atoms in total. The van der Waals surface area contributed by atoms with E-state index in [1.807, 2.05) is 0 Å². The van der Waals surface area contributed by atoms with E-state index in [0.717, 1.165) is 102 Å². The van der Waals surface area contributed by atoms with Crippen molar-refractivity contribution in [1.29, 1.82) is 0 Å². The molecule has 0 aromatic carbocycles. The molecule has 5 atom stereocenters. The van der Waals surface area contributed by atoms with Gasteiger partial charge in [-0.15, -0.1) is 0 Å². The van der Waals surface area contributed by atoms with Crippen molar-refractivity contribution < 1.29 is 80.2 Å². The number of carbonyl (C=O) groups is 4. The molecule has 0 aromatic rings. The Balaban J connectivity index is 5.25. The first-order valence-electron chi connectivity index (χ1n) is 44.0. The van der Waals surface area contributed by atoms with E-state index in [1.54, 1.807) is 0 Å². The first-order chi connectivity index (χ1) is 50.4. The topological polar surface area (TPSA) is 237 Å². The zero-order valence-corrected chi connectivity index (χ0v) is 70.1. The van der Waals surface area contributed by atoms with Crippen molar-refractivity contribution >= 4 is 39.5 Å². The molecule has 3 N–H and O–H groups in total. The summed E-state index contributed by atoms with van der Waals surface area (Å²) in [5, 5.41) is 10.7. The summed E-state index contributed by atoms with van der Waals surface area (Å²) in [6, 6.07) is 0. The van der Waals surface area contributed by atoms with Crippen molar-refractivity contribution in [2.45, 2.75) is 471 Å². The second kappa shape index (κ2) is 76.4. The Kier molecular flexibility index (Phi) is 75.0. The van der Waals surface area contributed by atoms with Crippen LogP contribution in [0.25, 0.3) is 0 Å². The Bertz CT molecular complexity index is 1990. The lowest BCUT2D eigenvalue weighted by Gasteiger charge is -2.21. The third kappa shape index (κ3) is 78.2. The van der Waals surface area contributed by atoms with Crippen LogP contribution in [-0.4, -0.2) is 96.7 Å². The Morgan fingerprint density at radius 2 is 0.442 bits per heavy atom. The highest BCUT2D eigenvalue weighted by Gasteiger charge is 2.30. The highest BCUT2D eigenvalue weighted by atomic mass is 31.2. The van der Waals surface area contributed by atoms with Gasteiger partial charge in [0.2, 0.25) is 0 Å². The van der Waals surface area contributed by atoms with Gasteiger partial charge in [0.05, 0.1) is 26.4 Å². The number of ether oxygens (including phenoxy) is 4. The van der Waals surface area contributed by atoms with E-state index < -0.39 is 97.5 Å². The number of hydrogen-bond acceptors (Lipinski definition) is 15. The van der Waals surface area contributed by atoms with Gasteiger partial charge in [-0.1, -0.05) is 401 Å². The third-order valence-corrected chi connectivity index (χ3v) is 21.9. The molecule has 19 heteroatoms. The van der Waals surface area contributed by atoms with Gasteiger partial charge >= 0.3 is 39.5 Å². The maximum Gasteiger partial charge on any atom is 0.472 e. The molecular formula is C85H166O17P2. The van der Waals surface area contributed by atoms with Crippen LogP contribution < -0.4 is 0 Å². The number of unbranched alkanes of at least 4 members (excludes halogenated alkanes) is 54. The highest BCUT2D eigenvalue weighted by Crippen LogP contribution is 2.45. The van der Waals surface area contributed by atoms with E-state index in [2.05, 4.69) is 41.5 Å². The predicted octanol–water partition coefficient (Wildman–Crippen LogP) is 25.8. The van der Waals surface area contributed by atoms with Gasteiger partial charge < -0.3 is 33.8 Å². The monoisotopic (exact) mass is 1520 g/mol. The van der Waals surface area contributed by atoms with Crippen LogP contribution in [0.1, 0.15) is 452 Å². The maximum atomic E-state index is 13.1. The Morgan fingerprint density at radius 1 is 0.260 bits per heavy atom. The molecule has 0 heterocycles. The smallest absolute Gasteiger partial charge is 0.462 e. The molecule has 0 saturated heterocycles. The van der Waals surface area contributed by atoms with Crippen molar-refractivity contribution in [3.63, 3.8) is 0 Å². The van der Waals surface area contributed by atoms with Gasteiger partial charge in [-0.3, -0.25) is 37.3 Å². The van der Waals surface area contributed by atoms with Crippen LogP contribution in [0, 0.1) is 11.8 Å². The fourth-order valence-electron chi connectivity index (χ4n) is 13.2. The standard InChI is InChI=1S/C85H166O17P2/c1-7-9-11-13-15-17-19-20-21-22-26-33-39-45-51-57-63-69-84(89)101-80(73-95-82(87)67-61-55-49-43-35-18-16-14-12-10-8-2)75-99-103(91,92)97-71-79(86)72-98-104(93,94)100-76-81(74-96-83(88)68-62-56-50-44-38-32-29-28-31-37-42-48-54-60-66-78(5)6)102-85(90)70-64-58-52-46-40-34-27-24-23-25-30-36-41-47-53-59-65-77(3)4/h77-81,86H,7-76H2,1-6H3,(H,91,92)(H,93,94)/t79-,80+,81+/m0/s1. The summed E-state index contributed by atoms with van der Waals surface area (Å²) in [5.74, 6) is -0.493. The van der Waals surface area contributed by atoms with E-state index in [4.69, 9.17) is 37.0 Å². The van der Waals surface area contributed by atoms with Crippen LogP contribution in [0.3, 0.4) is 0 Å². The fraction of sp³-hybridized carbons (Fsp3) is 0.953. The number of phosphoric ester groups is 2. The molecule has 2 unspecified atom stereocenters. The molecule has 0 spiro atoms. The number of rotatable bonds is 84.